The van der Waals surface area contributed by atoms with E-state index in [2.05, 4.69) is 5.32 Å². The smallest absolute Gasteiger partial charge is 0.351 e. The van der Waals surface area contributed by atoms with E-state index in [9.17, 15) is 22.8 Å². The number of alkyl halides is 3. The van der Waals surface area contributed by atoms with Crippen LogP contribution >= 0.6 is 0 Å². The molecule has 0 bridgehead atoms. The Hall–Kier alpha value is -2.25. The number of hydrogen-bond donors (Lipinski definition) is 3. The summed E-state index contributed by atoms with van der Waals surface area (Å²) in [6.45, 7) is 1.42. The summed E-state index contributed by atoms with van der Waals surface area (Å²) in [7, 11) is 0. The Kier molecular flexibility index (Phi) is 4.36. The minimum atomic E-state index is -4.91. The van der Waals surface area contributed by atoms with E-state index in [-0.39, 0.29) is 0 Å². The SMILES string of the molecule is CC(NC(=O)C(F)(F)F)c1ccc(NC(N)=O)cc1. The zero-order valence-corrected chi connectivity index (χ0v) is 9.91. The molecule has 0 radical (unpaired) electrons. The summed E-state index contributed by atoms with van der Waals surface area (Å²) in [6.07, 6.45) is -4.91. The number of carbonyl (C=O) groups excluding carboxylic acids is 2. The molecule has 5 nitrogen and oxygen atoms in total. The summed E-state index contributed by atoms with van der Waals surface area (Å²) in [5.41, 5.74) is 5.78. The van der Waals surface area contributed by atoms with Crippen molar-refractivity contribution in [2.45, 2.75) is 19.1 Å². The largest absolute Gasteiger partial charge is 0.471 e. The predicted octanol–water partition coefficient (Wildman–Crippen LogP) is 1.92. The lowest BCUT2D eigenvalue weighted by atomic mass is 10.1. The minimum Gasteiger partial charge on any atom is -0.351 e. The Morgan fingerprint density at radius 3 is 2.16 bits per heavy atom. The van der Waals surface area contributed by atoms with Crippen LogP contribution in [0.4, 0.5) is 23.7 Å². The van der Waals surface area contributed by atoms with Gasteiger partial charge in [0, 0.05) is 5.69 Å². The maximum atomic E-state index is 12.1. The number of primary amides is 1. The molecule has 1 atom stereocenters. The van der Waals surface area contributed by atoms with Gasteiger partial charge in [0.15, 0.2) is 0 Å². The van der Waals surface area contributed by atoms with Crippen molar-refractivity contribution in [1.82, 2.24) is 5.32 Å². The molecule has 1 unspecified atom stereocenters. The number of nitrogens with one attached hydrogen (secondary N) is 2. The van der Waals surface area contributed by atoms with Crippen molar-refractivity contribution in [2.24, 2.45) is 5.73 Å². The Labute approximate surface area is 107 Å². The zero-order valence-electron chi connectivity index (χ0n) is 9.91. The van der Waals surface area contributed by atoms with Crippen molar-refractivity contribution in [3.63, 3.8) is 0 Å². The molecule has 3 amide bonds. The normalized spacial score (nSPS) is 12.6. The molecule has 0 heterocycles. The number of urea groups is 1. The second-order valence-corrected chi connectivity index (χ2v) is 3.80. The van der Waals surface area contributed by atoms with Crippen molar-refractivity contribution in [3.05, 3.63) is 29.8 Å². The maximum absolute atomic E-state index is 12.1. The van der Waals surface area contributed by atoms with E-state index in [0.29, 0.717) is 11.3 Å². The van der Waals surface area contributed by atoms with Gasteiger partial charge in [0.05, 0.1) is 6.04 Å². The first-order valence-corrected chi connectivity index (χ1v) is 5.24. The predicted molar refractivity (Wildman–Crippen MR) is 62.3 cm³/mol. The number of amides is 3. The summed E-state index contributed by atoms with van der Waals surface area (Å²) in [5, 5.41) is 4.13. The first kappa shape index (κ1) is 14.8. The Bertz CT molecular complexity index is 471. The molecule has 0 aliphatic carbocycles. The summed E-state index contributed by atoms with van der Waals surface area (Å²) in [5.74, 6) is -2.00. The summed E-state index contributed by atoms with van der Waals surface area (Å²) >= 11 is 0. The Morgan fingerprint density at radius 1 is 1.21 bits per heavy atom. The molecule has 19 heavy (non-hydrogen) atoms. The quantitative estimate of drug-likeness (QED) is 0.787. The van der Waals surface area contributed by atoms with E-state index in [1.54, 1.807) is 0 Å². The average Bonchev–Trinajstić information content (AvgIpc) is 2.27. The molecule has 4 N–H and O–H groups in total. The van der Waals surface area contributed by atoms with Gasteiger partial charge in [-0.3, -0.25) is 4.79 Å². The van der Waals surface area contributed by atoms with Crippen molar-refractivity contribution in [3.8, 4) is 0 Å². The van der Waals surface area contributed by atoms with Gasteiger partial charge < -0.3 is 16.4 Å². The zero-order chi connectivity index (χ0) is 14.6. The Balaban J connectivity index is 2.70. The molecule has 1 rings (SSSR count). The molecule has 0 spiro atoms. The number of halogens is 3. The molecule has 0 aliphatic heterocycles. The van der Waals surface area contributed by atoms with Gasteiger partial charge in [0.25, 0.3) is 0 Å². The number of benzene rings is 1. The van der Waals surface area contributed by atoms with E-state index in [4.69, 9.17) is 5.73 Å². The number of carbonyl (C=O) groups is 2. The highest BCUT2D eigenvalue weighted by molar-refractivity contribution is 5.87. The van der Waals surface area contributed by atoms with Crippen LogP contribution in [0.2, 0.25) is 0 Å². The van der Waals surface area contributed by atoms with Gasteiger partial charge in [-0.05, 0) is 24.6 Å². The lowest BCUT2D eigenvalue weighted by Crippen LogP contribution is -2.38. The molecular weight excluding hydrogens is 263 g/mol. The van der Waals surface area contributed by atoms with Crippen molar-refractivity contribution >= 4 is 17.6 Å². The van der Waals surface area contributed by atoms with Crippen LogP contribution < -0.4 is 16.4 Å². The maximum Gasteiger partial charge on any atom is 0.471 e. The van der Waals surface area contributed by atoms with Crippen LogP contribution in [0.1, 0.15) is 18.5 Å². The van der Waals surface area contributed by atoms with Gasteiger partial charge >= 0.3 is 18.1 Å². The summed E-state index contributed by atoms with van der Waals surface area (Å²) in [4.78, 5) is 21.3. The topological polar surface area (TPSA) is 84.2 Å². The molecule has 8 heteroatoms. The van der Waals surface area contributed by atoms with E-state index >= 15 is 0 Å². The van der Waals surface area contributed by atoms with Crippen molar-refractivity contribution in [2.75, 3.05) is 5.32 Å². The standard InChI is InChI=1S/C11H12F3N3O2/c1-6(16-9(18)11(12,13)14)7-2-4-8(5-3-7)17-10(15)19/h2-6H,1H3,(H,16,18)(H3,15,17,19). The highest BCUT2D eigenvalue weighted by Crippen LogP contribution is 2.19. The van der Waals surface area contributed by atoms with Gasteiger partial charge in [0.1, 0.15) is 0 Å². The van der Waals surface area contributed by atoms with Crippen LogP contribution in [0, 0.1) is 0 Å². The van der Waals surface area contributed by atoms with Crippen LogP contribution in [0.25, 0.3) is 0 Å². The number of rotatable bonds is 3. The van der Waals surface area contributed by atoms with Gasteiger partial charge in [-0.2, -0.15) is 13.2 Å². The molecule has 0 saturated heterocycles. The molecule has 0 fully saturated rings. The molecule has 1 aromatic carbocycles. The van der Waals surface area contributed by atoms with Crippen molar-refractivity contribution in [1.29, 1.82) is 0 Å². The van der Waals surface area contributed by atoms with Crippen LogP contribution in [0.5, 0.6) is 0 Å². The monoisotopic (exact) mass is 275 g/mol. The number of nitrogens with two attached hydrogens (primary N) is 1. The van der Waals surface area contributed by atoms with Gasteiger partial charge in [-0.25, -0.2) is 4.79 Å². The third kappa shape index (κ3) is 4.49. The third-order valence-corrected chi connectivity index (χ3v) is 2.28. The first-order chi connectivity index (χ1) is 8.70. The molecule has 0 saturated carbocycles. The van der Waals surface area contributed by atoms with Crippen LogP contribution in [0.15, 0.2) is 24.3 Å². The second kappa shape index (κ2) is 5.59. The van der Waals surface area contributed by atoms with Crippen molar-refractivity contribution < 1.29 is 22.8 Å². The Morgan fingerprint density at radius 2 is 1.74 bits per heavy atom. The fourth-order valence-electron chi connectivity index (χ4n) is 1.36. The highest BCUT2D eigenvalue weighted by atomic mass is 19.4. The lowest BCUT2D eigenvalue weighted by molar-refractivity contribution is -0.174. The van der Waals surface area contributed by atoms with E-state index in [1.165, 1.54) is 31.2 Å². The van der Waals surface area contributed by atoms with Gasteiger partial charge in [-0.15, -0.1) is 0 Å². The van der Waals surface area contributed by atoms with E-state index in [1.807, 2.05) is 5.32 Å². The number of hydrogen-bond acceptors (Lipinski definition) is 2. The molecule has 0 aromatic heterocycles. The highest BCUT2D eigenvalue weighted by Gasteiger charge is 2.39. The molecule has 1 aromatic rings. The molecular formula is C11H12F3N3O2. The second-order valence-electron chi connectivity index (χ2n) is 3.80. The molecule has 104 valence electrons. The average molecular weight is 275 g/mol. The van der Waals surface area contributed by atoms with Gasteiger partial charge in [-0.1, -0.05) is 12.1 Å². The first-order valence-electron chi connectivity index (χ1n) is 5.24. The summed E-state index contributed by atoms with van der Waals surface area (Å²) in [6, 6.07) is 4.34. The minimum absolute atomic E-state index is 0.408. The lowest BCUT2D eigenvalue weighted by Gasteiger charge is -2.16. The van der Waals surface area contributed by atoms with E-state index in [0.717, 1.165) is 0 Å². The molecule has 0 aliphatic rings. The van der Waals surface area contributed by atoms with E-state index < -0.39 is 24.2 Å². The fraction of sp³-hybridized carbons (Fsp3) is 0.273. The third-order valence-electron chi connectivity index (χ3n) is 2.28. The van der Waals surface area contributed by atoms with Crippen LogP contribution in [-0.4, -0.2) is 18.1 Å². The summed E-state index contributed by atoms with van der Waals surface area (Å²) < 4.78 is 36.2. The van der Waals surface area contributed by atoms with Gasteiger partial charge in [0.2, 0.25) is 0 Å². The fourth-order valence-corrected chi connectivity index (χ4v) is 1.36. The van der Waals surface area contributed by atoms with Crippen LogP contribution in [-0.2, 0) is 4.79 Å². The van der Waals surface area contributed by atoms with Crippen LogP contribution in [0.3, 0.4) is 0 Å². The number of anilines is 1.